The monoisotopic (exact) mass is 428 g/mol. The molecule has 0 bridgehead atoms. The first-order valence-electron chi connectivity index (χ1n) is 11.1. The molecule has 0 aromatic heterocycles. The van der Waals surface area contributed by atoms with Gasteiger partial charge in [-0.15, -0.1) is 0 Å². The van der Waals surface area contributed by atoms with Crippen molar-refractivity contribution in [3.8, 4) is 0 Å². The molecule has 4 heteroatoms. The number of anilines is 2. The Morgan fingerprint density at radius 1 is 0.594 bits per heavy atom. The van der Waals surface area contributed by atoms with E-state index in [4.69, 9.17) is 0 Å². The number of para-hydroxylation sites is 2. The SMILES string of the molecule is Cc1cccc(C(C)C)c1NC(=O)c1ccc(C(=O)Nc2c(C)cccc2C(C)C)cc1. The van der Waals surface area contributed by atoms with E-state index >= 15 is 0 Å². The van der Waals surface area contributed by atoms with Gasteiger partial charge in [-0.25, -0.2) is 0 Å². The molecule has 166 valence electrons. The van der Waals surface area contributed by atoms with Gasteiger partial charge in [-0.3, -0.25) is 9.59 Å². The molecule has 2 amide bonds. The summed E-state index contributed by atoms with van der Waals surface area (Å²) < 4.78 is 0. The van der Waals surface area contributed by atoms with Crippen LogP contribution in [0.2, 0.25) is 0 Å². The van der Waals surface area contributed by atoms with E-state index in [1.807, 2.05) is 50.2 Å². The Balaban J connectivity index is 1.78. The second-order valence-electron chi connectivity index (χ2n) is 8.87. The predicted molar refractivity (Wildman–Crippen MR) is 133 cm³/mol. The number of aryl methyl sites for hydroxylation is 2. The molecule has 0 heterocycles. The third-order valence-electron chi connectivity index (χ3n) is 5.74. The van der Waals surface area contributed by atoms with Gasteiger partial charge in [-0.2, -0.15) is 0 Å². The second-order valence-corrected chi connectivity index (χ2v) is 8.87. The number of carbonyl (C=O) groups is 2. The van der Waals surface area contributed by atoms with Crippen molar-refractivity contribution in [1.29, 1.82) is 0 Å². The van der Waals surface area contributed by atoms with Crippen molar-refractivity contribution in [3.05, 3.63) is 94.0 Å². The fourth-order valence-corrected chi connectivity index (χ4v) is 3.83. The molecule has 0 aliphatic heterocycles. The van der Waals surface area contributed by atoms with E-state index in [9.17, 15) is 9.59 Å². The lowest BCUT2D eigenvalue weighted by molar-refractivity contribution is 0.101. The first-order valence-corrected chi connectivity index (χ1v) is 11.1. The molecule has 3 rings (SSSR count). The number of benzene rings is 3. The summed E-state index contributed by atoms with van der Waals surface area (Å²) in [5.41, 5.74) is 7.00. The first kappa shape index (κ1) is 23.3. The van der Waals surface area contributed by atoms with Gasteiger partial charge >= 0.3 is 0 Å². The molecule has 0 spiro atoms. The van der Waals surface area contributed by atoms with Crippen molar-refractivity contribution in [2.24, 2.45) is 0 Å². The topological polar surface area (TPSA) is 58.2 Å². The molecular weight excluding hydrogens is 396 g/mol. The molecule has 0 atom stereocenters. The van der Waals surface area contributed by atoms with Gasteiger partial charge in [0.05, 0.1) is 0 Å². The van der Waals surface area contributed by atoms with Crippen molar-refractivity contribution in [2.75, 3.05) is 10.6 Å². The molecule has 0 radical (unpaired) electrons. The zero-order chi connectivity index (χ0) is 23.4. The maximum absolute atomic E-state index is 12.9. The van der Waals surface area contributed by atoms with E-state index < -0.39 is 0 Å². The Labute approximate surface area is 191 Å². The van der Waals surface area contributed by atoms with Crippen LogP contribution in [-0.4, -0.2) is 11.8 Å². The predicted octanol–water partition coefficient (Wildman–Crippen LogP) is 7.05. The zero-order valence-electron chi connectivity index (χ0n) is 19.7. The van der Waals surface area contributed by atoms with Crippen LogP contribution in [0, 0.1) is 13.8 Å². The van der Waals surface area contributed by atoms with Gasteiger partial charge < -0.3 is 10.6 Å². The number of amides is 2. The van der Waals surface area contributed by atoms with E-state index in [1.165, 1.54) is 0 Å². The Hall–Kier alpha value is -3.40. The van der Waals surface area contributed by atoms with E-state index in [1.54, 1.807) is 24.3 Å². The van der Waals surface area contributed by atoms with Crippen LogP contribution in [0.3, 0.4) is 0 Å². The second kappa shape index (κ2) is 9.82. The van der Waals surface area contributed by atoms with E-state index in [-0.39, 0.29) is 11.8 Å². The fraction of sp³-hybridized carbons (Fsp3) is 0.286. The average Bonchev–Trinajstić information content (AvgIpc) is 2.76. The summed E-state index contributed by atoms with van der Waals surface area (Å²) in [7, 11) is 0. The van der Waals surface area contributed by atoms with Crippen LogP contribution in [0.15, 0.2) is 60.7 Å². The summed E-state index contributed by atoms with van der Waals surface area (Å²) >= 11 is 0. The minimum absolute atomic E-state index is 0.186. The number of hydrogen-bond donors (Lipinski definition) is 2. The number of rotatable bonds is 6. The van der Waals surface area contributed by atoms with Gasteiger partial charge in [0.25, 0.3) is 11.8 Å². The van der Waals surface area contributed by atoms with Crippen molar-refractivity contribution in [3.63, 3.8) is 0 Å². The molecule has 32 heavy (non-hydrogen) atoms. The maximum atomic E-state index is 12.9. The molecule has 2 N–H and O–H groups in total. The third-order valence-corrected chi connectivity index (χ3v) is 5.74. The van der Waals surface area contributed by atoms with Crippen molar-refractivity contribution in [2.45, 2.75) is 53.4 Å². The molecule has 0 aliphatic rings. The zero-order valence-corrected chi connectivity index (χ0v) is 19.7. The molecule has 0 saturated heterocycles. The first-order chi connectivity index (χ1) is 15.2. The minimum Gasteiger partial charge on any atom is -0.321 e. The lowest BCUT2D eigenvalue weighted by atomic mass is 9.97. The molecule has 0 unspecified atom stereocenters. The van der Waals surface area contributed by atoms with Crippen molar-refractivity contribution in [1.82, 2.24) is 0 Å². The van der Waals surface area contributed by atoms with Crippen LogP contribution in [0.25, 0.3) is 0 Å². The van der Waals surface area contributed by atoms with Gasteiger partial charge in [0.2, 0.25) is 0 Å². The molecular formula is C28H32N2O2. The smallest absolute Gasteiger partial charge is 0.255 e. The highest BCUT2D eigenvalue weighted by molar-refractivity contribution is 6.08. The summed E-state index contributed by atoms with van der Waals surface area (Å²) in [6.07, 6.45) is 0. The van der Waals surface area contributed by atoms with Crippen molar-refractivity contribution < 1.29 is 9.59 Å². The third kappa shape index (κ3) is 5.08. The Kier molecular flexibility index (Phi) is 7.14. The largest absolute Gasteiger partial charge is 0.321 e. The van der Waals surface area contributed by atoms with Crippen LogP contribution in [-0.2, 0) is 0 Å². The van der Waals surface area contributed by atoms with Gasteiger partial charge in [-0.1, -0.05) is 64.1 Å². The number of nitrogens with one attached hydrogen (secondary N) is 2. The van der Waals surface area contributed by atoms with Gasteiger partial charge in [0.15, 0.2) is 0 Å². The summed E-state index contributed by atoms with van der Waals surface area (Å²) in [5.74, 6) is 0.227. The van der Waals surface area contributed by atoms with E-state index in [2.05, 4.69) is 38.3 Å². The Morgan fingerprint density at radius 3 is 1.25 bits per heavy atom. The van der Waals surface area contributed by atoms with Crippen LogP contribution < -0.4 is 10.6 Å². The summed E-state index contributed by atoms with van der Waals surface area (Å²) in [4.78, 5) is 25.7. The number of hydrogen-bond acceptors (Lipinski definition) is 2. The quantitative estimate of drug-likeness (QED) is 0.442. The van der Waals surface area contributed by atoms with E-state index in [0.717, 1.165) is 33.6 Å². The van der Waals surface area contributed by atoms with E-state index in [0.29, 0.717) is 23.0 Å². The Morgan fingerprint density at radius 2 is 0.938 bits per heavy atom. The highest BCUT2D eigenvalue weighted by Gasteiger charge is 2.16. The standard InChI is InChI=1S/C28H32N2O2/c1-17(2)23-11-7-9-19(5)25(23)29-27(31)21-13-15-22(16-14-21)28(32)30-26-20(6)10-8-12-24(26)18(3)4/h7-18H,1-6H3,(H,29,31)(H,30,32). The van der Waals surface area contributed by atoms with Gasteiger partial charge in [0, 0.05) is 22.5 Å². The molecule has 0 fully saturated rings. The normalized spacial score (nSPS) is 11.0. The highest BCUT2D eigenvalue weighted by atomic mass is 16.2. The summed E-state index contributed by atoms with van der Waals surface area (Å²) in [6.45, 7) is 12.4. The Bertz CT molecular complexity index is 1040. The lowest BCUT2D eigenvalue weighted by Crippen LogP contribution is -2.17. The molecule has 4 nitrogen and oxygen atoms in total. The van der Waals surface area contributed by atoms with Crippen LogP contribution in [0.5, 0.6) is 0 Å². The summed E-state index contributed by atoms with van der Waals surface area (Å²) in [6, 6.07) is 18.8. The number of carbonyl (C=O) groups excluding carboxylic acids is 2. The van der Waals surface area contributed by atoms with Crippen LogP contribution in [0.4, 0.5) is 11.4 Å². The van der Waals surface area contributed by atoms with Gasteiger partial charge in [0.1, 0.15) is 0 Å². The maximum Gasteiger partial charge on any atom is 0.255 e. The molecule has 0 aliphatic carbocycles. The minimum atomic E-state index is -0.186. The van der Waals surface area contributed by atoms with Crippen LogP contribution in [0.1, 0.15) is 82.5 Å². The molecule has 3 aromatic rings. The molecule has 3 aromatic carbocycles. The van der Waals surface area contributed by atoms with Crippen LogP contribution >= 0.6 is 0 Å². The molecule has 0 saturated carbocycles. The highest BCUT2D eigenvalue weighted by Crippen LogP contribution is 2.29. The lowest BCUT2D eigenvalue weighted by Gasteiger charge is -2.17. The van der Waals surface area contributed by atoms with Crippen molar-refractivity contribution >= 4 is 23.2 Å². The van der Waals surface area contributed by atoms with Gasteiger partial charge in [-0.05, 0) is 72.2 Å². The average molecular weight is 429 g/mol. The summed E-state index contributed by atoms with van der Waals surface area (Å²) in [5, 5.41) is 6.11. The fourth-order valence-electron chi connectivity index (χ4n) is 3.83.